The summed E-state index contributed by atoms with van der Waals surface area (Å²) in [4.78, 5) is 22.8. The minimum Gasteiger partial charge on any atom is -0.478 e. The van der Waals surface area contributed by atoms with E-state index < -0.39 is 23.3 Å². The van der Waals surface area contributed by atoms with Gasteiger partial charge in [0.15, 0.2) is 0 Å². The molecule has 0 aliphatic heterocycles. The van der Waals surface area contributed by atoms with Crippen molar-refractivity contribution in [2.75, 3.05) is 5.32 Å². The third-order valence-corrected chi connectivity index (χ3v) is 2.85. The Morgan fingerprint density at radius 2 is 1.76 bits per heavy atom. The number of carboxylic acid groups (broad SMARTS) is 1. The lowest BCUT2D eigenvalue weighted by Crippen LogP contribution is -2.13. The lowest BCUT2D eigenvalue weighted by molar-refractivity contribution is 0.0691. The highest BCUT2D eigenvalue weighted by molar-refractivity contribution is 6.04. The Kier molecular flexibility index (Phi) is 4.30. The third-order valence-electron chi connectivity index (χ3n) is 2.85. The first-order valence-electron chi connectivity index (χ1n) is 6.05. The van der Waals surface area contributed by atoms with Gasteiger partial charge in [0.2, 0.25) is 0 Å². The van der Waals surface area contributed by atoms with Crippen LogP contribution in [0, 0.1) is 5.82 Å². The van der Waals surface area contributed by atoms with E-state index in [9.17, 15) is 14.0 Å². The zero-order valence-electron chi connectivity index (χ0n) is 10.8. The van der Waals surface area contributed by atoms with Crippen LogP contribution >= 0.6 is 0 Å². The molecular formula is C15H12FNO4. The second-order valence-corrected chi connectivity index (χ2v) is 4.31. The number of rotatable bonds is 4. The summed E-state index contributed by atoms with van der Waals surface area (Å²) in [5, 5.41) is 20.2. The molecule has 2 aromatic carbocycles. The zero-order chi connectivity index (χ0) is 15.4. The molecule has 0 bridgehead atoms. The van der Waals surface area contributed by atoms with Crippen LogP contribution in [0.15, 0.2) is 42.5 Å². The summed E-state index contributed by atoms with van der Waals surface area (Å²) < 4.78 is 13.2. The van der Waals surface area contributed by atoms with Gasteiger partial charge in [-0.25, -0.2) is 9.18 Å². The Labute approximate surface area is 119 Å². The Hall–Kier alpha value is -2.73. The molecule has 5 nitrogen and oxygen atoms in total. The van der Waals surface area contributed by atoms with Crippen molar-refractivity contribution in [2.45, 2.75) is 6.61 Å². The smallest absolute Gasteiger partial charge is 0.338 e. The Bertz CT molecular complexity index is 683. The maximum atomic E-state index is 13.2. The van der Waals surface area contributed by atoms with Crippen LogP contribution in [0.5, 0.6) is 0 Å². The van der Waals surface area contributed by atoms with Crippen LogP contribution in [0.3, 0.4) is 0 Å². The van der Waals surface area contributed by atoms with E-state index in [0.717, 1.165) is 12.1 Å². The summed E-state index contributed by atoms with van der Waals surface area (Å²) in [5.74, 6) is -2.73. The summed E-state index contributed by atoms with van der Waals surface area (Å²) in [6.07, 6.45) is 0. The van der Waals surface area contributed by atoms with E-state index in [0.29, 0.717) is 11.1 Å². The van der Waals surface area contributed by atoms with Crippen molar-refractivity contribution in [1.29, 1.82) is 0 Å². The van der Waals surface area contributed by atoms with Crippen molar-refractivity contribution in [2.24, 2.45) is 0 Å². The van der Waals surface area contributed by atoms with Gasteiger partial charge < -0.3 is 15.5 Å². The van der Waals surface area contributed by atoms with E-state index in [4.69, 9.17) is 10.2 Å². The van der Waals surface area contributed by atoms with Gasteiger partial charge in [-0.05, 0) is 35.9 Å². The highest BCUT2D eigenvalue weighted by atomic mass is 19.1. The molecule has 108 valence electrons. The fraction of sp³-hybridized carbons (Fsp3) is 0.0667. The molecular weight excluding hydrogens is 277 g/mol. The summed E-state index contributed by atoms with van der Waals surface area (Å²) in [7, 11) is 0. The lowest BCUT2D eigenvalue weighted by Gasteiger charge is -2.07. The van der Waals surface area contributed by atoms with E-state index in [-0.39, 0.29) is 12.3 Å². The molecule has 1 amide bonds. The molecule has 3 N–H and O–H groups in total. The number of carbonyl (C=O) groups is 2. The summed E-state index contributed by atoms with van der Waals surface area (Å²) in [6.45, 7) is -0.123. The quantitative estimate of drug-likeness (QED) is 0.805. The number of aliphatic hydroxyl groups is 1. The Morgan fingerprint density at radius 1 is 1.10 bits per heavy atom. The molecule has 2 rings (SSSR count). The molecule has 0 saturated heterocycles. The van der Waals surface area contributed by atoms with Gasteiger partial charge in [0.1, 0.15) is 5.82 Å². The summed E-state index contributed by atoms with van der Waals surface area (Å²) in [5.41, 5.74) is 0.684. The predicted octanol–water partition coefficient (Wildman–Crippen LogP) is 2.27. The first-order valence-corrected chi connectivity index (χ1v) is 6.05. The SMILES string of the molecule is O=C(Nc1ccc(F)c(C(=O)O)c1)c1ccc(CO)cc1. The van der Waals surface area contributed by atoms with Crippen LogP contribution in [0.2, 0.25) is 0 Å². The van der Waals surface area contributed by atoms with Crippen LogP contribution in [0.4, 0.5) is 10.1 Å². The number of carbonyl (C=O) groups excluding carboxylic acids is 1. The second-order valence-electron chi connectivity index (χ2n) is 4.31. The van der Waals surface area contributed by atoms with Crippen LogP contribution < -0.4 is 5.32 Å². The van der Waals surface area contributed by atoms with Crippen molar-refractivity contribution in [3.05, 3.63) is 65.0 Å². The van der Waals surface area contributed by atoms with Gasteiger partial charge in [0.05, 0.1) is 12.2 Å². The minimum atomic E-state index is -1.41. The van der Waals surface area contributed by atoms with Gasteiger partial charge in [0.25, 0.3) is 5.91 Å². The first kappa shape index (κ1) is 14.7. The number of benzene rings is 2. The Morgan fingerprint density at radius 3 is 2.33 bits per heavy atom. The molecule has 2 aromatic rings. The summed E-state index contributed by atoms with van der Waals surface area (Å²) >= 11 is 0. The first-order chi connectivity index (χ1) is 10.0. The fourth-order valence-corrected chi connectivity index (χ4v) is 1.73. The number of hydrogen-bond donors (Lipinski definition) is 3. The van der Waals surface area contributed by atoms with Gasteiger partial charge in [-0.2, -0.15) is 0 Å². The molecule has 6 heteroatoms. The number of amides is 1. The fourth-order valence-electron chi connectivity index (χ4n) is 1.73. The predicted molar refractivity (Wildman–Crippen MR) is 73.7 cm³/mol. The molecule has 0 aromatic heterocycles. The van der Waals surface area contributed by atoms with E-state index in [2.05, 4.69) is 5.32 Å². The van der Waals surface area contributed by atoms with E-state index in [1.165, 1.54) is 18.2 Å². The Balaban J connectivity index is 2.19. The highest BCUT2D eigenvalue weighted by Gasteiger charge is 2.12. The van der Waals surface area contributed by atoms with Crippen LogP contribution in [0.25, 0.3) is 0 Å². The number of anilines is 1. The van der Waals surface area contributed by atoms with Crippen molar-refractivity contribution >= 4 is 17.6 Å². The van der Waals surface area contributed by atoms with Crippen molar-refractivity contribution in [3.8, 4) is 0 Å². The van der Waals surface area contributed by atoms with Crippen molar-refractivity contribution in [3.63, 3.8) is 0 Å². The maximum absolute atomic E-state index is 13.2. The molecule has 0 spiro atoms. The van der Waals surface area contributed by atoms with Crippen LogP contribution in [-0.4, -0.2) is 22.1 Å². The molecule has 0 radical (unpaired) electrons. The van der Waals surface area contributed by atoms with Crippen molar-refractivity contribution < 1.29 is 24.2 Å². The highest BCUT2D eigenvalue weighted by Crippen LogP contribution is 2.16. The summed E-state index contributed by atoms with van der Waals surface area (Å²) in [6, 6.07) is 9.57. The molecule has 0 atom stereocenters. The topological polar surface area (TPSA) is 86.6 Å². The van der Waals surface area contributed by atoms with Gasteiger partial charge >= 0.3 is 5.97 Å². The molecule has 0 saturated carbocycles. The number of nitrogens with one attached hydrogen (secondary N) is 1. The standard InChI is InChI=1S/C15H12FNO4/c16-13-6-5-11(7-12(13)15(20)21)17-14(19)10-3-1-9(8-18)2-4-10/h1-7,18H,8H2,(H,17,19)(H,20,21). The molecule has 21 heavy (non-hydrogen) atoms. The number of halogens is 1. The maximum Gasteiger partial charge on any atom is 0.338 e. The monoisotopic (exact) mass is 289 g/mol. The van der Waals surface area contributed by atoms with Gasteiger partial charge in [-0.1, -0.05) is 12.1 Å². The lowest BCUT2D eigenvalue weighted by atomic mass is 10.1. The average molecular weight is 289 g/mol. The van der Waals surface area contributed by atoms with E-state index >= 15 is 0 Å². The number of aliphatic hydroxyl groups excluding tert-OH is 1. The van der Waals surface area contributed by atoms with E-state index in [1.807, 2.05) is 0 Å². The normalized spacial score (nSPS) is 10.2. The van der Waals surface area contributed by atoms with Crippen LogP contribution in [0.1, 0.15) is 26.3 Å². The van der Waals surface area contributed by atoms with Gasteiger partial charge in [-0.15, -0.1) is 0 Å². The van der Waals surface area contributed by atoms with Crippen molar-refractivity contribution in [1.82, 2.24) is 0 Å². The molecule has 0 aliphatic rings. The molecule has 0 unspecified atom stereocenters. The molecule has 0 fully saturated rings. The molecule has 0 aliphatic carbocycles. The zero-order valence-corrected chi connectivity index (χ0v) is 10.8. The number of hydrogen-bond acceptors (Lipinski definition) is 3. The third kappa shape index (κ3) is 3.43. The minimum absolute atomic E-state index is 0.123. The number of carboxylic acids is 1. The van der Waals surface area contributed by atoms with Gasteiger partial charge in [0, 0.05) is 11.3 Å². The van der Waals surface area contributed by atoms with Gasteiger partial charge in [-0.3, -0.25) is 4.79 Å². The van der Waals surface area contributed by atoms with E-state index in [1.54, 1.807) is 12.1 Å². The molecule has 0 heterocycles. The largest absolute Gasteiger partial charge is 0.478 e. The number of aromatic carboxylic acids is 1. The second kappa shape index (κ2) is 6.15. The average Bonchev–Trinajstić information content (AvgIpc) is 2.49. The van der Waals surface area contributed by atoms with Crippen LogP contribution in [-0.2, 0) is 6.61 Å².